The van der Waals surface area contributed by atoms with E-state index < -0.39 is 38.3 Å². The molecule has 1 amide bonds. The topological polar surface area (TPSA) is 102 Å². The minimum atomic E-state index is -3.89. The molecule has 1 aromatic carbocycles. The summed E-state index contributed by atoms with van der Waals surface area (Å²) in [5.41, 5.74) is -0.626. The number of hydrogen-bond donors (Lipinski definition) is 2. The number of ether oxygens (including phenoxy) is 1. The van der Waals surface area contributed by atoms with Crippen LogP contribution >= 0.6 is 0 Å². The van der Waals surface area contributed by atoms with Crippen molar-refractivity contribution in [1.82, 2.24) is 10.3 Å². The molecule has 0 radical (unpaired) electrons. The maximum Gasteiger partial charge on any atom is 0.313 e. The van der Waals surface area contributed by atoms with E-state index in [2.05, 4.69) is 10.3 Å². The van der Waals surface area contributed by atoms with E-state index in [-0.39, 0.29) is 4.90 Å². The number of hydrazine groups is 1. The lowest BCUT2D eigenvalue weighted by Crippen LogP contribution is -2.57. The number of rotatable bonds is 4. The highest BCUT2D eigenvalue weighted by atomic mass is 32.2. The van der Waals surface area contributed by atoms with Crippen LogP contribution in [0.4, 0.5) is 0 Å². The monoisotopic (exact) mass is 352 g/mol. The fraction of sp³-hybridized carbons (Fsp3) is 0.500. The largest absolute Gasteiger partial charge is 0.448 e. The summed E-state index contributed by atoms with van der Waals surface area (Å²) in [5, 5.41) is 0. The number of fused-ring (bicyclic) bond motifs is 2. The van der Waals surface area contributed by atoms with E-state index in [1.54, 1.807) is 39.0 Å². The molecule has 2 N–H and O–H groups in total. The van der Waals surface area contributed by atoms with Gasteiger partial charge in [-0.25, -0.2) is 8.42 Å². The highest BCUT2D eigenvalue weighted by Gasteiger charge is 2.75. The van der Waals surface area contributed by atoms with Crippen LogP contribution in [0.3, 0.4) is 0 Å². The molecule has 1 aromatic rings. The van der Waals surface area contributed by atoms with Gasteiger partial charge >= 0.3 is 5.97 Å². The molecule has 1 aliphatic carbocycles. The number of amides is 1. The zero-order valence-corrected chi connectivity index (χ0v) is 14.6. The Hall–Kier alpha value is -1.93. The van der Waals surface area contributed by atoms with Gasteiger partial charge in [0, 0.05) is 5.41 Å². The third-order valence-electron chi connectivity index (χ3n) is 5.80. The van der Waals surface area contributed by atoms with Crippen molar-refractivity contribution in [3.63, 3.8) is 0 Å². The Morgan fingerprint density at radius 3 is 2.25 bits per heavy atom. The second-order valence-corrected chi connectivity index (χ2v) is 8.73. The number of sulfonamides is 1. The van der Waals surface area contributed by atoms with Gasteiger partial charge < -0.3 is 4.74 Å². The fourth-order valence-electron chi connectivity index (χ4n) is 3.62. The van der Waals surface area contributed by atoms with E-state index in [1.165, 1.54) is 12.1 Å². The zero-order valence-electron chi connectivity index (χ0n) is 13.8. The number of hydrogen-bond acceptors (Lipinski definition) is 5. The Morgan fingerprint density at radius 1 is 1.12 bits per heavy atom. The lowest BCUT2D eigenvalue weighted by Gasteiger charge is -2.35. The van der Waals surface area contributed by atoms with Gasteiger partial charge in [0.15, 0.2) is 5.60 Å². The molecule has 0 aromatic heterocycles. The van der Waals surface area contributed by atoms with Gasteiger partial charge in [0.1, 0.15) is 0 Å². The van der Waals surface area contributed by atoms with Crippen LogP contribution in [0, 0.1) is 10.8 Å². The number of carbonyl (C=O) groups is 2. The van der Waals surface area contributed by atoms with E-state index in [4.69, 9.17) is 4.74 Å². The third kappa shape index (κ3) is 2.02. The van der Waals surface area contributed by atoms with Crippen molar-refractivity contribution in [3.8, 4) is 0 Å². The van der Waals surface area contributed by atoms with Gasteiger partial charge in [-0.05, 0) is 31.9 Å². The summed E-state index contributed by atoms with van der Waals surface area (Å²) in [6.07, 6.45) is 0.888. The summed E-state index contributed by atoms with van der Waals surface area (Å²) >= 11 is 0. The molecule has 1 heterocycles. The van der Waals surface area contributed by atoms with Gasteiger partial charge in [0.2, 0.25) is 0 Å². The van der Waals surface area contributed by atoms with Crippen LogP contribution in [0.1, 0.15) is 33.6 Å². The minimum absolute atomic E-state index is 0.0294. The van der Waals surface area contributed by atoms with E-state index in [0.29, 0.717) is 12.8 Å². The second kappa shape index (κ2) is 5.03. The SMILES string of the molecule is CC12CCC(C(=O)NNS(=O)(=O)c3ccccc3)(OC1=O)C2(C)C. The van der Waals surface area contributed by atoms with E-state index >= 15 is 0 Å². The second-order valence-electron chi connectivity index (χ2n) is 7.05. The average molecular weight is 352 g/mol. The molecular weight excluding hydrogens is 332 g/mol. The first kappa shape index (κ1) is 16.9. The van der Waals surface area contributed by atoms with Crippen LogP contribution in [0.2, 0.25) is 0 Å². The Balaban J connectivity index is 1.81. The molecule has 130 valence electrons. The van der Waals surface area contributed by atoms with Crippen LogP contribution in [0.25, 0.3) is 0 Å². The van der Waals surface area contributed by atoms with Crippen LogP contribution < -0.4 is 10.3 Å². The summed E-state index contributed by atoms with van der Waals surface area (Å²) < 4.78 is 29.8. The van der Waals surface area contributed by atoms with Crippen LogP contribution in [0.15, 0.2) is 35.2 Å². The quantitative estimate of drug-likeness (QED) is 0.624. The Bertz CT molecular complexity index is 805. The van der Waals surface area contributed by atoms with Gasteiger partial charge in [-0.15, -0.1) is 4.83 Å². The average Bonchev–Trinajstić information content (AvgIpc) is 2.84. The lowest BCUT2D eigenvalue weighted by molar-refractivity contribution is -0.168. The molecule has 8 heteroatoms. The Morgan fingerprint density at radius 2 is 1.75 bits per heavy atom. The standard InChI is InChI=1S/C16H20N2O5S/c1-14(2)15(3)9-10-16(14,23-13(15)20)12(19)17-18-24(21,22)11-7-5-4-6-8-11/h4-8,18H,9-10H2,1-3H3,(H,17,19). The van der Waals surface area contributed by atoms with Crippen molar-refractivity contribution in [3.05, 3.63) is 30.3 Å². The van der Waals surface area contributed by atoms with Gasteiger partial charge in [-0.1, -0.05) is 32.0 Å². The summed E-state index contributed by atoms with van der Waals surface area (Å²) in [6, 6.07) is 7.69. The Labute approximate surface area is 140 Å². The molecular formula is C16H20N2O5S. The Kier molecular flexibility index (Phi) is 3.55. The van der Waals surface area contributed by atoms with Gasteiger partial charge in [0.25, 0.3) is 15.9 Å². The van der Waals surface area contributed by atoms with Gasteiger partial charge in [0.05, 0.1) is 10.3 Å². The molecule has 2 aliphatic rings. The molecule has 1 saturated carbocycles. The molecule has 2 unspecified atom stereocenters. The van der Waals surface area contributed by atoms with E-state index in [0.717, 1.165) is 0 Å². The van der Waals surface area contributed by atoms with Crippen molar-refractivity contribution >= 4 is 21.9 Å². The first-order valence-corrected chi connectivity index (χ1v) is 9.16. The van der Waals surface area contributed by atoms with Crippen molar-refractivity contribution in [1.29, 1.82) is 0 Å². The zero-order chi connectivity index (χ0) is 17.8. The number of carbonyl (C=O) groups excluding carboxylic acids is 2. The summed E-state index contributed by atoms with van der Waals surface area (Å²) in [5.74, 6) is -1.07. The fourth-order valence-corrected chi connectivity index (χ4v) is 4.48. The molecule has 3 rings (SSSR count). The molecule has 1 saturated heterocycles. The van der Waals surface area contributed by atoms with E-state index in [1.807, 2.05) is 0 Å². The normalized spacial score (nSPS) is 30.9. The molecule has 7 nitrogen and oxygen atoms in total. The molecule has 24 heavy (non-hydrogen) atoms. The maximum absolute atomic E-state index is 12.7. The summed E-state index contributed by atoms with van der Waals surface area (Å²) in [7, 11) is -3.89. The lowest BCUT2D eigenvalue weighted by atomic mass is 9.66. The highest BCUT2D eigenvalue weighted by molar-refractivity contribution is 7.89. The van der Waals surface area contributed by atoms with Crippen molar-refractivity contribution in [2.24, 2.45) is 10.8 Å². The smallest absolute Gasteiger partial charge is 0.313 e. The van der Waals surface area contributed by atoms with Gasteiger partial charge in [-0.2, -0.15) is 0 Å². The summed E-state index contributed by atoms with van der Waals surface area (Å²) in [6.45, 7) is 5.39. The predicted molar refractivity (Wildman–Crippen MR) is 84.9 cm³/mol. The first-order chi connectivity index (χ1) is 11.1. The number of benzene rings is 1. The van der Waals surface area contributed by atoms with Crippen molar-refractivity contribution < 1.29 is 22.7 Å². The van der Waals surface area contributed by atoms with Crippen LogP contribution in [0.5, 0.6) is 0 Å². The number of esters is 1. The molecule has 2 fully saturated rings. The van der Waals surface area contributed by atoms with Crippen molar-refractivity contribution in [2.45, 2.75) is 44.1 Å². The molecule has 2 bridgehead atoms. The van der Waals surface area contributed by atoms with Crippen molar-refractivity contribution in [2.75, 3.05) is 0 Å². The van der Waals surface area contributed by atoms with Crippen LogP contribution in [-0.4, -0.2) is 25.9 Å². The minimum Gasteiger partial charge on any atom is -0.448 e. The first-order valence-electron chi connectivity index (χ1n) is 7.68. The van der Waals surface area contributed by atoms with E-state index in [9.17, 15) is 18.0 Å². The molecule has 1 aliphatic heterocycles. The maximum atomic E-state index is 12.7. The van der Waals surface area contributed by atoms with Gasteiger partial charge in [-0.3, -0.25) is 15.0 Å². The summed E-state index contributed by atoms with van der Waals surface area (Å²) in [4.78, 5) is 27.0. The molecule has 0 spiro atoms. The third-order valence-corrected chi connectivity index (χ3v) is 7.07. The highest BCUT2D eigenvalue weighted by Crippen LogP contribution is 2.65. The predicted octanol–water partition coefficient (Wildman–Crippen LogP) is 1.12. The molecule has 2 atom stereocenters. The number of nitrogens with one attached hydrogen (secondary N) is 2. The van der Waals surface area contributed by atoms with Crippen LogP contribution in [-0.2, 0) is 24.3 Å².